The van der Waals surface area contributed by atoms with Crippen LogP contribution in [0.15, 0.2) is 53.5 Å². The number of hydrogen-bond donors (Lipinski definition) is 0. The number of aliphatic imine (C=N–C) groups is 1. The van der Waals surface area contributed by atoms with Gasteiger partial charge in [-0.15, -0.1) is 0 Å². The van der Waals surface area contributed by atoms with Crippen LogP contribution in [-0.2, 0) is 6.42 Å². The molecule has 0 radical (unpaired) electrons. The van der Waals surface area contributed by atoms with Gasteiger partial charge in [0.2, 0.25) is 0 Å². The molecule has 0 fully saturated rings. The van der Waals surface area contributed by atoms with E-state index in [1.807, 2.05) is 48.5 Å². The molecule has 2 aromatic carbocycles. The maximum atomic E-state index is 6.23. The summed E-state index contributed by atoms with van der Waals surface area (Å²) in [7, 11) is 0. The summed E-state index contributed by atoms with van der Waals surface area (Å²) in [5.41, 5.74) is 2.23. The Morgan fingerprint density at radius 3 is 2.50 bits per heavy atom. The fourth-order valence-corrected chi connectivity index (χ4v) is 2.68. The van der Waals surface area contributed by atoms with Gasteiger partial charge in [-0.25, -0.2) is 0 Å². The molecule has 0 aromatic heterocycles. The Bertz CT molecular complexity index is 635. The summed E-state index contributed by atoms with van der Waals surface area (Å²) in [6, 6.07) is 15.8. The zero-order chi connectivity index (χ0) is 13.9. The van der Waals surface area contributed by atoms with E-state index in [4.69, 9.17) is 23.2 Å². The molecule has 0 unspecified atom stereocenters. The quantitative estimate of drug-likeness (QED) is 0.817. The van der Waals surface area contributed by atoms with Crippen molar-refractivity contribution in [2.45, 2.75) is 6.42 Å². The minimum absolute atomic E-state index is 0.748. The number of anilines is 1. The van der Waals surface area contributed by atoms with Crippen LogP contribution in [0.3, 0.4) is 0 Å². The predicted octanol–water partition coefficient (Wildman–Crippen LogP) is 4.45. The first-order valence-corrected chi connectivity index (χ1v) is 7.29. The Morgan fingerprint density at radius 2 is 1.75 bits per heavy atom. The van der Waals surface area contributed by atoms with Gasteiger partial charge in [-0.2, -0.15) is 0 Å². The van der Waals surface area contributed by atoms with Gasteiger partial charge in [0.1, 0.15) is 5.84 Å². The van der Waals surface area contributed by atoms with Crippen LogP contribution < -0.4 is 4.90 Å². The zero-order valence-electron chi connectivity index (χ0n) is 10.9. The topological polar surface area (TPSA) is 15.6 Å². The number of amidine groups is 1. The van der Waals surface area contributed by atoms with Crippen molar-refractivity contribution >= 4 is 34.7 Å². The second-order valence-corrected chi connectivity index (χ2v) is 5.54. The van der Waals surface area contributed by atoms with E-state index in [0.29, 0.717) is 0 Å². The fraction of sp³-hybridized carbons (Fsp3) is 0.188. The van der Waals surface area contributed by atoms with Crippen LogP contribution in [0.1, 0.15) is 5.56 Å². The Balaban J connectivity index is 1.83. The summed E-state index contributed by atoms with van der Waals surface area (Å²) < 4.78 is 0. The van der Waals surface area contributed by atoms with Crippen LogP contribution in [0.2, 0.25) is 10.0 Å². The summed E-state index contributed by atoms with van der Waals surface area (Å²) in [5.74, 6) is 1.06. The molecule has 0 atom stereocenters. The van der Waals surface area contributed by atoms with Crippen molar-refractivity contribution in [1.29, 1.82) is 0 Å². The lowest BCUT2D eigenvalue weighted by Crippen LogP contribution is -2.28. The predicted molar refractivity (Wildman–Crippen MR) is 86.3 cm³/mol. The van der Waals surface area contributed by atoms with Crippen LogP contribution in [0.25, 0.3) is 0 Å². The Hall–Kier alpha value is -1.51. The summed E-state index contributed by atoms with van der Waals surface area (Å²) >= 11 is 12.2. The van der Waals surface area contributed by atoms with Crippen molar-refractivity contribution < 1.29 is 0 Å². The Labute approximate surface area is 128 Å². The van der Waals surface area contributed by atoms with E-state index in [2.05, 4.69) is 9.89 Å². The maximum absolute atomic E-state index is 6.23. The summed E-state index contributed by atoms with van der Waals surface area (Å²) in [6.45, 7) is 1.73. The van der Waals surface area contributed by atoms with E-state index < -0.39 is 0 Å². The highest BCUT2D eigenvalue weighted by molar-refractivity contribution is 6.31. The van der Waals surface area contributed by atoms with Gasteiger partial charge in [-0.1, -0.05) is 41.4 Å². The number of hydrogen-bond acceptors (Lipinski definition) is 2. The van der Waals surface area contributed by atoms with Crippen molar-refractivity contribution in [1.82, 2.24) is 0 Å². The number of benzene rings is 2. The third-order valence-electron chi connectivity index (χ3n) is 3.37. The molecule has 1 aliphatic heterocycles. The Morgan fingerprint density at radius 1 is 1.00 bits per heavy atom. The molecule has 0 spiro atoms. The molecule has 0 bridgehead atoms. The molecule has 0 amide bonds. The van der Waals surface area contributed by atoms with Gasteiger partial charge in [0.05, 0.1) is 6.54 Å². The van der Waals surface area contributed by atoms with Gasteiger partial charge in [-0.3, -0.25) is 4.99 Å². The molecule has 4 heteroatoms. The van der Waals surface area contributed by atoms with Gasteiger partial charge >= 0.3 is 0 Å². The third-order valence-corrected chi connectivity index (χ3v) is 3.99. The average Bonchev–Trinajstić information content (AvgIpc) is 2.90. The van der Waals surface area contributed by atoms with Crippen molar-refractivity contribution in [3.05, 3.63) is 64.1 Å². The minimum Gasteiger partial charge on any atom is -0.328 e. The largest absolute Gasteiger partial charge is 0.328 e. The number of rotatable bonds is 3. The van der Waals surface area contributed by atoms with Crippen molar-refractivity contribution in [2.75, 3.05) is 18.0 Å². The van der Waals surface area contributed by atoms with Gasteiger partial charge in [-0.05, 0) is 35.9 Å². The molecule has 20 heavy (non-hydrogen) atoms. The highest BCUT2D eigenvalue weighted by atomic mass is 35.5. The summed E-state index contributed by atoms with van der Waals surface area (Å²) in [5, 5.41) is 1.54. The van der Waals surface area contributed by atoms with Crippen molar-refractivity contribution in [2.24, 2.45) is 4.99 Å². The fourth-order valence-electron chi connectivity index (χ4n) is 2.36. The van der Waals surface area contributed by atoms with E-state index in [1.54, 1.807) is 0 Å². The lowest BCUT2D eigenvalue weighted by molar-refractivity contribution is 1.02. The molecule has 0 saturated heterocycles. The van der Waals surface area contributed by atoms with E-state index in [0.717, 1.165) is 46.6 Å². The normalized spacial score (nSPS) is 14.5. The Kier molecular flexibility index (Phi) is 3.95. The lowest BCUT2D eigenvalue weighted by Gasteiger charge is -2.21. The second-order valence-electron chi connectivity index (χ2n) is 4.69. The van der Waals surface area contributed by atoms with E-state index in [9.17, 15) is 0 Å². The van der Waals surface area contributed by atoms with Crippen molar-refractivity contribution in [3.63, 3.8) is 0 Å². The SMILES string of the molecule is Clc1ccc(N2CCN=C2Cc2ccccc2Cl)cc1. The van der Waals surface area contributed by atoms with Crippen LogP contribution in [-0.4, -0.2) is 18.9 Å². The standard InChI is InChI=1S/C16H14Cl2N2/c17-13-5-7-14(8-6-13)20-10-9-19-16(20)11-12-3-1-2-4-15(12)18/h1-8H,9-11H2. The number of nitrogens with zero attached hydrogens (tertiary/aromatic N) is 2. The summed E-state index contributed by atoms with van der Waals surface area (Å²) in [4.78, 5) is 6.83. The molecule has 2 nitrogen and oxygen atoms in total. The molecule has 102 valence electrons. The van der Waals surface area contributed by atoms with Gasteiger partial charge in [0, 0.05) is 28.7 Å². The number of halogens is 2. The van der Waals surface area contributed by atoms with E-state index in [-0.39, 0.29) is 0 Å². The van der Waals surface area contributed by atoms with Gasteiger partial charge < -0.3 is 4.90 Å². The first-order chi connectivity index (χ1) is 9.74. The van der Waals surface area contributed by atoms with E-state index in [1.165, 1.54) is 0 Å². The smallest absolute Gasteiger partial charge is 0.108 e. The minimum atomic E-state index is 0.748. The summed E-state index contributed by atoms with van der Waals surface area (Å²) in [6.07, 6.45) is 0.752. The van der Waals surface area contributed by atoms with Gasteiger partial charge in [0.15, 0.2) is 0 Å². The zero-order valence-corrected chi connectivity index (χ0v) is 12.4. The third kappa shape index (κ3) is 2.82. The monoisotopic (exact) mass is 304 g/mol. The molecule has 0 aliphatic carbocycles. The molecule has 1 aliphatic rings. The van der Waals surface area contributed by atoms with Crippen LogP contribution in [0, 0.1) is 0 Å². The molecule has 1 heterocycles. The van der Waals surface area contributed by atoms with Crippen LogP contribution >= 0.6 is 23.2 Å². The molecule has 2 aromatic rings. The molecular formula is C16H14Cl2N2. The first kappa shape index (κ1) is 13.5. The average molecular weight is 305 g/mol. The highest BCUT2D eigenvalue weighted by Crippen LogP contribution is 2.23. The molecule has 3 rings (SSSR count). The molecular weight excluding hydrogens is 291 g/mol. The maximum Gasteiger partial charge on any atom is 0.108 e. The second kappa shape index (κ2) is 5.86. The molecule has 0 saturated carbocycles. The van der Waals surface area contributed by atoms with Crippen LogP contribution in [0.5, 0.6) is 0 Å². The molecule has 0 N–H and O–H groups in total. The van der Waals surface area contributed by atoms with E-state index >= 15 is 0 Å². The lowest BCUT2D eigenvalue weighted by atomic mass is 10.1. The first-order valence-electron chi connectivity index (χ1n) is 6.54. The van der Waals surface area contributed by atoms with Crippen LogP contribution in [0.4, 0.5) is 5.69 Å². The highest BCUT2D eigenvalue weighted by Gasteiger charge is 2.19. The van der Waals surface area contributed by atoms with Crippen molar-refractivity contribution in [3.8, 4) is 0 Å². The van der Waals surface area contributed by atoms with Gasteiger partial charge in [0.25, 0.3) is 0 Å².